The molecule has 0 bridgehead atoms. The molecular weight excluding hydrogens is 278 g/mol. The molecular formula is C13H23N3OS2. The SMILES string of the molecule is COCCNCc1cnc(N2CCSC(C)C2C)s1. The average Bonchev–Trinajstić information content (AvgIpc) is 2.87. The Bertz CT molecular complexity index is 386. The van der Waals surface area contributed by atoms with Crippen LogP contribution in [0.25, 0.3) is 0 Å². The molecule has 108 valence electrons. The molecule has 0 amide bonds. The highest BCUT2D eigenvalue weighted by Gasteiger charge is 2.27. The number of thioether (sulfide) groups is 1. The lowest BCUT2D eigenvalue weighted by Gasteiger charge is -2.37. The highest BCUT2D eigenvalue weighted by Crippen LogP contribution is 2.31. The molecule has 2 heterocycles. The van der Waals surface area contributed by atoms with Crippen molar-refractivity contribution in [1.82, 2.24) is 10.3 Å². The van der Waals surface area contributed by atoms with Crippen LogP contribution < -0.4 is 10.2 Å². The molecule has 6 heteroatoms. The first-order valence-electron chi connectivity index (χ1n) is 6.75. The molecule has 0 spiro atoms. The summed E-state index contributed by atoms with van der Waals surface area (Å²) in [6.45, 7) is 8.24. The van der Waals surface area contributed by atoms with Crippen LogP contribution in [0.2, 0.25) is 0 Å². The van der Waals surface area contributed by atoms with Crippen molar-refractivity contribution in [2.45, 2.75) is 31.7 Å². The minimum Gasteiger partial charge on any atom is -0.383 e. The Balaban J connectivity index is 1.89. The van der Waals surface area contributed by atoms with Crippen LogP contribution in [0.3, 0.4) is 0 Å². The van der Waals surface area contributed by atoms with Crippen molar-refractivity contribution in [3.8, 4) is 0 Å². The number of methoxy groups -OCH3 is 1. The van der Waals surface area contributed by atoms with E-state index in [2.05, 4.69) is 40.8 Å². The molecule has 1 N–H and O–H groups in total. The van der Waals surface area contributed by atoms with Gasteiger partial charge in [0.1, 0.15) is 0 Å². The number of hydrogen-bond donors (Lipinski definition) is 1. The number of thiazole rings is 1. The number of aromatic nitrogens is 1. The maximum atomic E-state index is 5.02. The highest BCUT2D eigenvalue weighted by molar-refractivity contribution is 8.00. The summed E-state index contributed by atoms with van der Waals surface area (Å²) in [5.41, 5.74) is 0. The van der Waals surface area contributed by atoms with Gasteiger partial charge in [0.05, 0.1) is 6.61 Å². The van der Waals surface area contributed by atoms with Crippen molar-refractivity contribution in [1.29, 1.82) is 0 Å². The normalized spacial score (nSPS) is 23.8. The van der Waals surface area contributed by atoms with Crippen molar-refractivity contribution in [2.75, 3.05) is 37.5 Å². The molecule has 2 atom stereocenters. The molecule has 1 aromatic rings. The van der Waals surface area contributed by atoms with Crippen molar-refractivity contribution < 1.29 is 4.74 Å². The minimum absolute atomic E-state index is 0.569. The molecule has 1 saturated heterocycles. The number of nitrogens with one attached hydrogen (secondary N) is 1. The van der Waals surface area contributed by atoms with Gasteiger partial charge in [-0.05, 0) is 6.92 Å². The predicted molar refractivity (Wildman–Crippen MR) is 84.4 cm³/mol. The summed E-state index contributed by atoms with van der Waals surface area (Å²) in [4.78, 5) is 8.33. The first kappa shape index (κ1) is 15.1. The molecule has 0 radical (unpaired) electrons. The Morgan fingerprint density at radius 3 is 3.16 bits per heavy atom. The third kappa shape index (κ3) is 4.08. The lowest BCUT2D eigenvalue weighted by molar-refractivity contribution is 0.199. The standard InChI is InChI=1S/C13H23N3OS2/c1-10-11(2)18-7-5-16(10)13-15-9-12(19-13)8-14-4-6-17-3/h9-11,14H,4-8H2,1-3H3. The highest BCUT2D eigenvalue weighted by atomic mass is 32.2. The number of rotatable bonds is 6. The maximum absolute atomic E-state index is 5.02. The average molecular weight is 301 g/mol. The van der Waals surface area contributed by atoms with Crippen LogP contribution >= 0.6 is 23.1 Å². The third-order valence-electron chi connectivity index (χ3n) is 3.45. The van der Waals surface area contributed by atoms with E-state index in [0.29, 0.717) is 11.3 Å². The van der Waals surface area contributed by atoms with Crippen LogP contribution in [0.4, 0.5) is 5.13 Å². The molecule has 1 aliphatic rings. The Kier molecular flexibility index (Phi) is 5.94. The van der Waals surface area contributed by atoms with E-state index in [1.165, 1.54) is 15.8 Å². The second-order valence-electron chi connectivity index (χ2n) is 4.79. The molecule has 1 fully saturated rings. The molecule has 1 aromatic heterocycles. The Morgan fingerprint density at radius 1 is 1.53 bits per heavy atom. The van der Waals surface area contributed by atoms with Crippen LogP contribution in [0, 0.1) is 0 Å². The van der Waals surface area contributed by atoms with Crippen LogP contribution in [0.15, 0.2) is 6.20 Å². The largest absolute Gasteiger partial charge is 0.383 e. The number of hydrogen-bond acceptors (Lipinski definition) is 6. The van der Waals surface area contributed by atoms with Gasteiger partial charge < -0.3 is 15.0 Å². The quantitative estimate of drug-likeness (QED) is 0.816. The smallest absolute Gasteiger partial charge is 0.185 e. The van der Waals surface area contributed by atoms with Gasteiger partial charge in [-0.25, -0.2) is 4.98 Å². The number of ether oxygens (including phenoxy) is 1. The van der Waals surface area contributed by atoms with Crippen LogP contribution in [0.1, 0.15) is 18.7 Å². The fourth-order valence-electron chi connectivity index (χ4n) is 2.10. The molecule has 4 nitrogen and oxygen atoms in total. The fraction of sp³-hybridized carbons (Fsp3) is 0.769. The zero-order chi connectivity index (χ0) is 13.7. The summed E-state index contributed by atoms with van der Waals surface area (Å²) in [6.07, 6.45) is 2.00. The lowest BCUT2D eigenvalue weighted by atomic mass is 10.2. The fourth-order valence-corrected chi connectivity index (χ4v) is 4.19. The molecule has 2 unspecified atom stereocenters. The van der Waals surface area contributed by atoms with Gasteiger partial charge in [0, 0.05) is 54.9 Å². The van der Waals surface area contributed by atoms with E-state index in [4.69, 9.17) is 4.74 Å². The zero-order valence-corrected chi connectivity index (χ0v) is 13.5. The van der Waals surface area contributed by atoms with Crippen molar-refractivity contribution >= 4 is 28.2 Å². The van der Waals surface area contributed by atoms with E-state index in [1.54, 1.807) is 18.4 Å². The first-order valence-corrected chi connectivity index (χ1v) is 8.61. The van der Waals surface area contributed by atoms with Crippen LogP contribution in [-0.4, -0.2) is 48.8 Å². The summed E-state index contributed by atoms with van der Waals surface area (Å²) >= 11 is 3.87. The molecule has 0 aromatic carbocycles. The van der Waals surface area contributed by atoms with Gasteiger partial charge >= 0.3 is 0 Å². The molecule has 2 rings (SSSR count). The Morgan fingerprint density at radius 2 is 2.37 bits per heavy atom. The molecule has 0 aliphatic carbocycles. The van der Waals surface area contributed by atoms with E-state index in [0.717, 1.165) is 26.2 Å². The summed E-state index contributed by atoms with van der Waals surface area (Å²) in [7, 11) is 1.73. The van der Waals surface area contributed by atoms with Crippen molar-refractivity contribution in [3.63, 3.8) is 0 Å². The van der Waals surface area contributed by atoms with Gasteiger partial charge in [-0.2, -0.15) is 11.8 Å². The second kappa shape index (κ2) is 7.47. The Hall–Kier alpha value is -0.300. The van der Waals surface area contributed by atoms with E-state index in [1.807, 2.05) is 6.20 Å². The van der Waals surface area contributed by atoms with Gasteiger partial charge in [0.25, 0.3) is 0 Å². The third-order valence-corrected chi connectivity index (χ3v) is 5.83. The van der Waals surface area contributed by atoms with E-state index in [9.17, 15) is 0 Å². The predicted octanol–water partition coefficient (Wildman–Crippen LogP) is 2.21. The molecule has 0 saturated carbocycles. The molecule has 1 aliphatic heterocycles. The summed E-state index contributed by atoms with van der Waals surface area (Å²) < 4.78 is 5.02. The summed E-state index contributed by atoms with van der Waals surface area (Å²) in [5, 5.41) is 5.21. The van der Waals surface area contributed by atoms with E-state index >= 15 is 0 Å². The van der Waals surface area contributed by atoms with Crippen molar-refractivity contribution in [2.24, 2.45) is 0 Å². The second-order valence-corrected chi connectivity index (χ2v) is 7.37. The van der Waals surface area contributed by atoms with Crippen LogP contribution in [0.5, 0.6) is 0 Å². The first-order chi connectivity index (χ1) is 9.22. The van der Waals surface area contributed by atoms with E-state index in [-0.39, 0.29) is 0 Å². The number of anilines is 1. The maximum Gasteiger partial charge on any atom is 0.185 e. The monoisotopic (exact) mass is 301 g/mol. The minimum atomic E-state index is 0.569. The zero-order valence-electron chi connectivity index (χ0n) is 11.9. The van der Waals surface area contributed by atoms with Gasteiger partial charge in [0.2, 0.25) is 0 Å². The van der Waals surface area contributed by atoms with Crippen LogP contribution in [-0.2, 0) is 11.3 Å². The number of nitrogens with zero attached hydrogens (tertiary/aromatic N) is 2. The molecule has 19 heavy (non-hydrogen) atoms. The lowest BCUT2D eigenvalue weighted by Crippen LogP contribution is -2.44. The van der Waals surface area contributed by atoms with Gasteiger partial charge in [-0.15, -0.1) is 11.3 Å². The topological polar surface area (TPSA) is 37.4 Å². The van der Waals surface area contributed by atoms with Crippen molar-refractivity contribution in [3.05, 3.63) is 11.1 Å². The van der Waals surface area contributed by atoms with E-state index < -0.39 is 0 Å². The van der Waals surface area contributed by atoms with Gasteiger partial charge in [-0.3, -0.25) is 0 Å². The Labute approximate surface area is 123 Å². The van der Waals surface area contributed by atoms with Gasteiger partial charge in [0.15, 0.2) is 5.13 Å². The summed E-state index contributed by atoms with van der Waals surface area (Å²) in [6, 6.07) is 0.569. The summed E-state index contributed by atoms with van der Waals surface area (Å²) in [5.74, 6) is 1.20. The van der Waals surface area contributed by atoms with Gasteiger partial charge in [-0.1, -0.05) is 6.92 Å².